The standard InChI is InChI=1S/C17H16N2O5/c1-8-14(9(2)24-19-8)15-11(7-12(16(20)21)17(22)23)10-5-3-4-6-13(10)18-15/h3-6,12,18H,7H2,1-2H3,(H,20,21)(H,22,23). The SMILES string of the molecule is Cc1noc(C)c1-c1[nH]c2ccccc2c1CC(C(=O)O)C(=O)O. The third-order valence-corrected chi connectivity index (χ3v) is 4.10. The van der Waals surface area contributed by atoms with Crippen molar-refractivity contribution >= 4 is 22.8 Å². The summed E-state index contributed by atoms with van der Waals surface area (Å²) in [5.41, 5.74) is 3.48. The molecule has 7 nitrogen and oxygen atoms in total. The zero-order chi connectivity index (χ0) is 17.4. The molecule has 3 rings (SSSR count). The largest absolute Gasteiger partial charge is 0.481 e. The number of rotatable bonds is 5. The zero-order valence-corrected chi connectivity index (χ0v) is 13.2. The highest BCUT2D eigenvalue weighted by Crippen LogP contribution is 2.35. The molecule has 0 fully saturated rings. The van der Waals surface area contributed by atoms with Crippen LogP contribution >= 0.6 is 0 Å². The van der Waals surface area contributed by atoms with E-state index >= 15 is 0 Å². The van der Waals surface area contributed by atoms with E-state index in [0.717, 1.165) is 16.5 Å². The van der Waals surface area contributed by atoms with Gasteiger partial charge in [-0.05, 0) is 31.9 Å². The van der Waals surface area contributed by atoms with Gasteiger partial charge in [-0.25, -0.2) is 0 Å². The zero-order valence-electron chi connectivity index (χ0n) is 13.2. The molecule has 0 saturated heterocycles. The van der Waals surface area contributed by atoms with E-state index in [0.29, 0.717) is 22.7 Å². The van der Waals surface area contributed by atoms with Gasteiger partial charge in [-0.1, -0.05) is 23.4 Å². The third kappa shape index (κ3) is 2.54. The maximum Gasteiger partial charge on any atom is 0.318 e. The van der Waals surface area contributed by atoms with Crippen LogP contribution in [-0.2, 0) is 16.0 Å². The number of carboxylic acids is 2. The average Bonchev–Trinajstić information content (AvgIpc) is 3.04. The van der Waals surface area contributed by atoms with Crippen LogP contribution in [0, 0.1) is 19.8 Å². The van der Waals surface area contributed by atoms with Gasteiger partial charge in [0.1, 0.15) is 5.76 Å². The molecule has 0 radical (unpaired) electrons. The molecule has 24 heavy (non-hydrogen) atoms. The molecule has 0 aliphatic heterocycles. The van der Waals surface area contributed by atoms with Crippen molar-refractivity contribution in [3.05, 3.63) is 41.3 Å². The molecule has 3 aromatic rings. The van der Waals surface area contributed by atoms with E-state index in [1.165, 1.54) is 0 Å². The Balaban J connectivity index is 2.23. The molecule has 7 heteroatoms. The monoisotopic (exact) mass is 328 g/mol. The van der Waals surface area contributed by atoms with Crippen molar-refractivity contribution in [1.82, 2.24) is 10.1 Å². The van der Waals surface area contributed by atoms with Gasteiger partial charge < -0.3 is 19.7 Å². The summed E-state index contributed by atoms with van der Waals surface area (Å²) in [6.07, 6.45) is -0.131. The van der Waals surface area contributed by atoms with Gasteiger partial charge in [0.25, 0.3) is 0 Å². The lowest BCUT2D eigenvalue weighted by Gasteiger charge is -2.09. The van der Waals surface area contributed by atoms with Crippen LogP contribution in [0.1, 0.15) is 17.0 Å². The molecule has 0 atom stereocenters. The van der Waals surface area contributed by atoms with E-state index in [2.05, 4.69) is 10.1 Å². The van der Waals surface area contributed by atoms with E-state index in [1.807, 2.05) is 24.3 Å². The van der Waals surface area contributed by atoms with Crippen molar-refractivity contribution in [2.24, 2.45) is 5.92 Å². The molecule has 2 heterocycles. The minimum atomic E-state index is -1.52. The van der Waals surface area contributed by atoms with Crippen LogP contribution in [0.2, 0.25) is 0 Å². The fraction of sp³-hybridized carbons (Fsp3) is 0.235. The number of carboxylic acid groups (broad SMARTS) is 2. The van der Waals surface area contributed by atoms with E-state index in [-0.39, 0.29) is 6.42 Å². The minimum Gasteiger partial charge on any atom is -0.481 e. The number of aromatic nitrogens is 2. The van der Waals surface area contributed by atoms with Gasteiger partial charge in [0, 0.05) is 10.9 Å². The highest BCUT2D eigenvalue weighted by Gasteiger charge is 2.30. The summed E-state index contributed by atoms with van der Waals surface area (Å²) in [5.74, 6) is -3.67. The molecule has 0 saturated carbocycles. The van der Waals surface area contributed by atoms with Gasteiger partial charge >= 0.3 is 11.9 Å². The van der Waals surface area contributed by atoms with Crippen LogP contribution in [0.5, 0.6) is 0 Å². The van der Waals surface area contributed by atoms with Crippen LogP contribution < -0.4 is 0 Å². The number of fused-ring (bicyclic) bond motifs is 1. The molecular weight excluding hydrogens is 312 g/mol. The fourth-order valence-electron chi connectivity index (χ4n) is 2.95. The molecule has 124 valence electrons. The Kier molecular flexibility index (Phi) is 3.84. The Morgan fingerprint density at radius 1 is 1.21 bits per heavy atom. The number of benzene rings is 1. The summed E-state index contributed by atoms with van der Waals surface area (Å²) >= 11 is 0. The van der Waals surface area contributed by atoms with Crippen LogP contribution in [-0.4, -0.2) is 32.3 Å². The molecule has 0 bridgehead atoms. The first kappa shape index (κ1) is 15.8. The number of hydrogen-bond acceptors (Lipinski definition) is 4. The van der Waals surface area contributed by atoms with Gasteiger partial charge in [0.2, 0.25) is 0 Å². The van der Waals surface area contributed by atoms with Crippen molar-refractivity contribution in [3.8, 4) is 11.3 Å². The highest BCUT2D eigenvalue weighted by atomic mass is 16.5. The molecule has 3 N–H and O–H groups in total. The van der Waals surface area contributed by atoms with Crippen LogP contribution in [0.25, 0.3) is 22.2 Å². The van der Waals surface area contributed by atoms with Crippen LogP contribution in [0.3, 0.4) is 0 Å². The number of H-pyrrole nitrogens is 1. The molecule has 0 unspecified atom stereocenters. The van der Waals surface area contributed by atoms with E-state index < -0.39 is 17.9 Å². The Bertz CT molecular complexity index is 904. The number of aryl methyl sites for hydroxylation is 2. The second-order valence-corrected chi connectivity index (χ2v) is 5.66. The summed E-state index contributed by atoms with van der Waals surface area (Å²) in [7, 11) is 0. The van der Waals surface area contributed by atoms with E-state index in [9.17, 15) is 19.8 Å². The first-order chi connectivity index (χ1) is 11.4. The fourth-order valence-corrected chi connectivity index (χ4v) is 2.95. The molecule has 0 amide bonds. The lowest BCUT2D eigenvalue weighted by Crippen LogP contribution is -2.25. The van der Waals surface area contributed by atoms with Crippen LogP contribution in [0.15, 0.2) is 28.8 Å². The number of aliphatic carboxylic acids is 2. The van der Waals surface area contributed by atoms with Gasteiger partial charge in [-0.2, -0.15) is 0 Å². The van der Waals surface area contributed by atoms with Gasteiger partial charge in [-0.3, -0.25) is 9.59 Å². The summed E-state index contributed by atoms with van der Waals surface area (Å²) in [5, 5.41) is 23.2. The number of carbonyl (C=O) groups is 2. The number of hydrogen-bond donors (Lipinski definition) is 3. The normalized spacial score (nSPS) is 11.3. The minimum absolute atomic E-state index is 0.131. The summed E-state index contributed by atoms with van der Waals surface area (Å²) in [6, 6.07) is 7.37. The Hall–Kier alpha value is -3.09. The van der Waals surface area contributed by atoms with E-state index in [1.54, 1.807) is 13.8 Å². The molecule has 1 aromatic carbocycles. The number of nitrogens with zero attached hydrogens (tertiary/aromatic N) is 1. The van der Waals surface area contributed by atoms with Crippen molar-refractivity contribution in [3.63, 3.8) is 0 Å². The number of nitrogens with one attached hydrogen (secondary N) is 1. The van der Waals surface area contributed by atoms with Crippen molar-refractivity contribution in [1.29, 1.82) is 0 Å². The molecular formula is C17H16N2O5. The maximum atomic E-state index is 11.3. The quantitative estimate of drug-likeness (QED) is 0.620. The Morgan fingerprint density at radius 3 is 2.46 bits per heavy atom. The number of para-hydroxylation sites is 1. The predicted molar refractivity (Wildman–Crippen MR) is 85.7 cm³/mol. The summed E-state index contributed by atoms with van der Waals surface area (Å²) in [4.78, 5) is 25.9. The van der Waals surface area contributed by atoms with Crippen molar-refractivity contribution in [2.75, 3.05) is 0 Å². The lowest BCUT2D eigenvalue weighted by molar-refractivity contribution is -0.154. The second-order valence-electron chi connectivity index (χ2n) is 5.66. The Labute approximate surface area is 136 Å². The topological polar surface area (TPSA) is 116 Å². The summed E-state index contributed by atoms with van der Waals surface area (Å²) in [6.45, 7) is 3.55. The molecule has 2 aromatic heterocycles. The van der Waals surface area contributed by atoms with E-state index in [4.69, 9.17) is 4.52 Å². The predicted octanol–water partition coefficient (Wildman–Crippen LogP) is 2.77. The molecule has 0 aliphatic carbocycles. The smallest absolute Gasteiger partial charge is 0.318 e. The van der Waals surface area contributed by atoms with Crippen molar-refractivity contribution in [2.45, 2.75) is 20.3 Å². The van der Waals surface area contributed by atoms with Crippen molar-refractivity contribution < 1.29 is 24.3 Å². The average molecular weight is 328 g/mol. The highest BCUT2D eigenvalue weighted by molar-refractivity contribution is 5.96. The number of aromatic amines is 1. The molecule has 0 spiro atoms. The van der Waals surface area contributed by atoms with Gasteiger partial charge in [0.05, 0.1) is 17.0 Å². The first-order valence-electron chi connectivity index (χ1n) is 7.38. The third-order valence-electron chi connectivity index (χ3n) is 4.10. The van der Waals surface area contributed by atoms with Crippen LogP contribution in [0.4, 0.5) is 0 Å². The van der Waals surface area contributed by atoms with Gasteiger partial charge in [0.15, 0.2) is 5.92 Å². The lowest BCUT2D eigenvalue weighted by atomic mass is 9.94. The maximum absolute atomic E-state index is 11.3. The first-order valence-corrected chi connectivity index (χ1v) is 7.38. The summed E-state index contributed by atoms with van der Waals surface area (Å²) < 4.78 is 5.20. The Morgan fingerprint density at radius 2 is 1.88 bits per heavy atom. The van der Waals surface area contributed by atoms with Gasteiger partial charge in [-0.15, -0.1) is 0 Å². The second kappa shape index (κ2) is 5.84. The molecule has 0 aliphatic rings.